The van der Waals surface area contributed by atoms with Gasteiger partial charge < -0.3 is 19.5 Å². The molecule has 1 aliphatic carbocycles. The third-order valence-electron chi connectivity index (χ3n) is 6.38. The Kier molecular flexibility index (Phi) is 6.98. The second kappa shape index (κ2) is 9.94. The Labute approximate surface area is 204 Å². The highest BCUT2D eigenvalue weighted by molar-refractivity contribution is 6.30. The van der Waals surface area contributed by atoms with E-state index in [9.17, 15) is 9.59 Å². The Hall–Kier alpha value is -3.25. The van der Waals surface area contributed by atoms with Crippen molar-refractivity contribution >= 4 is 23.4 Å². The minimum Gasteiger partial charge on any atom is -0.493 e. The van der Waals surface area contributed by atoms with Gasteiger partial charge in [-0.1, -0.05) is 29.8 Å². The summed E-state index contributed by atoms with van der Waals surface area (Å²) < 4.78 is 16.2. The van der Waals surface area contributed by atoms with E-state index in [1.807, 2.05) is 43.3 Å². The molecule has 34 heavy (non-hydrogen) atoms. The molecule has 1 aliphatic heterocycles. The van der Waals surface area contributed by atoms with Gasteiger partial charge in [-0.3, -0.25) is 4.79 Å². The van der Waals surface area contributed by atoms with Gasteiger partial charge in [0.25, 0.3) is 0 Å². The van der Waals surface area contributed by atoms with E-state index in [4.69, 9.17) is 25.8 Å². The molecule has 1 N–H and O–H groups in total. The van der Waals surface area contributed by atoms with Crippen LogP contribution in [0, 0.1) is 0 Å². The number of ketones is 1. The lowest BCUT2D eigenvalue weighted by atomic mass is 9.71. The average Bonchev–Trinajstić information content (AvgIpc) is 2.82. The van der Waals surface area contributed by atoms with Crippen molar-refractivity contribution < 1.29 is 23.8 Å². The van der Waals surface area contributed by atoms with E-state index in [-0.39, 0.29) is 18.3 Å². The largest absolute Gasteiger partial charge is 0.493 e. The summed E-state index contributed by atoms with van der Waals surface area (Å²) in [6.07, 6.45) is 0.948. The van der Waals surface area contributed by atoms with E-state index in [1.54, 1.807) is 27.2 Å². The molecule has 2 aromatic rings. The first kappa shape index (κ1) is 23.9. The van der Waals surface area contributed by atoms with Crippen LogP contribution >= 0.6 is 11.6 Å². The summed E-state index contributed by atoms with van der Waals surface area (Å²) in [6.45, 7) is 3.86. The topological polar surface area (TPSA) is 73.9 Å². The zero-order valence-electron chi connectivity index (χ0n) is 19.7. The SMILES string of the molecule is CCOC(=O)C1=C(C)NC2=C(C(=O)C[C@@H](c3ccc(OC)c(OC)c3)C2)[C@@H]1c1cccc(Cl)c1. The number of carbonyl (C=O) groups is 2. The monoisotopic (exact) mass is 481 g/mol. The molecule has 0 fully saturated rings. The molecule has 0 amide bonds. The number of hydrogen-bond acceptors (Lipinski definition) is 6. The van der Waals surface area contributed by atoms with Crippen LogP contribution < -0.4 is 14.8 Å². The molecule has 0 radical (unpaired) electrons. The van der Waals surface area contributed by atoms with Crippen LogP contribution in [0.3, 0.4) is 0 Å². The van der Waals surface area contributed by atoms with Crippen molar-refractivity contribution in [3.8, 4) is 11.5 Å². The van der Waals surface area contributed by atoms with Crippen LogP contribution in [0.2, 0.25) is 5.02 Å². The smallest absolute Gasteiger partial charge is 0.336 e. The summed E-state index contributed by atoms with van der Waals surface area (Å²) in [4.78, 5) is 26.6. The first-order valence-electron chi connectivity index (χ1n) is 11.3. The number of dihydropyridines is 1. The number of benzene rings is 2. The van der Waals surface area contributed by atoms with Gasteiger partial charge in [0.05, 0.1) is 26.4 Å². The minimum absolute atomic E-state index is 0.00666. The second-order valence-electron chi connectivity index (χ2n) is 8.41. The minimum atomic E-state index is -0.534. The van der Waals surface area contributed by atoms with Crippen molar-refractivity contribution in [2.45, 2.75) is 38.5 Å². The molecule has 0 unspecified atom stereocenters. The number of halogens is 1. The van der Waals surface area contributed by atoms with Gasteiger partial charge in [-0.05, 0) is 61.6 Å². The van der Waals surface area contributed by atoms with Crippen LogP contribution in [0.15, 0.2) is 65.0 Å². The quantitative estimate of drug-likeness (QED) is 0.566. The number of Topliss-reactive ketones (excluding diaryl/α,β-unsaturated/α-hetero) is 1. The Balaban J connectivity index is 1.78. The third kappa shape index (κ3) is 4.42. The van der Waals surface area contributed by atoms with Gasteiger partial charge in [0.2, 0.25) is 0 Å². The number of ether oxygens (including phenoxy) is 3. The summed E-state index contributed by atoms with van der Waals surface area (Å²) >= 11 is 6.29. The van der Waals surface area contributed by atoms with Gasteiger partial charge in [0.15, 0.2) is 17.3 Å². The van der Waals surface area contributed by atoms with Crippen LogP contribution in [0.5, 0.6) is 11.5 Å². The Morgan fingerprint density at radius 2 is 1.82 bits per heavy atom. The van der Waals surface area contributed by atoms with Crippen molar-refractivity contribution in [3.05, 3.63) is 81.2 Å². The summed E-state index contributed by atoms with van der Waals surface area (Å²) in [5, 5.41) is 3.90. The summed E-state index contributed by atoms with van der Waals surface area (Å²) in [6, 6.07) is 13.1. The molecule has 6 nitrogen and oxygen atoms in total. The predicted octanol–water partition coefficient (Wildman–Crippen LogP) is 5.28. The van der Waals surface area contributed by atoms with Crippen molar-refractivity contribution in [2.24, 2.45) is 0 Å². The van der Waals surface area contributed by atoms with Crippen molar-refractivity contribution in [1.29, 1.82) is 0 Å². The highest BCUT2D eigenvalue weighted by atomic mass is 35.5. The van der Waals surface area contributed by atoms with Crippen molar-refractivity contribution in [3.63, 3.8) is 0 Å². The molecule has 2 aliphatic rings. The van der Waals surface area contributed by atoms with Crippen molar-refractivity contribution in [1.82, 2.24) is 5.32 Å². The number of methoxy groups -OCH3 is 2. The molecule has 0 bridgehead atoms. The fourth-order valence-corrected chi connectivity index (χ4v) is 5.08. The van der Waals surface area contributed by atoms with Gasteiger partial charge in [-0.25, -0.2) is 4.79 Å². The molecule has 0 saturated heterocycles. The number of esters is 1. The molecule has 7 heteroatoms. The van der Waals surface area contributed by atoms with Gasteiger partial charge in [0.1, 0.15) is 0 Å². The molecular formula is C27H28ClNO5. The maximum Gasteiger partial charge on any atom is 0.336 e. The first-order chi connectivity index (χ1) is 16.4. The van der Waals surface area contributed by atoms with E-state index < -0.39 is 11.9 Å². The molecule has 2 atom stereocenters. The van der Waals surface area contributed by atoms with Gasteiger partial charge in [-0.2, -0.15) is 0 Å². The van der Waals surface area contributed by atoms with E-state index in [1.165, 1.54) is 0 Å². The van der Waals surface area contributed by atoms with E-state index in [0.717, 1.165) is 16.8 Å². The molecule has 2 aromatic carbocycles. The average molecular weight is 482 g/mol. The van der Waals surface area contributed by atoms with Crippen LogP contribution in [-0.2, 0) is 14.3 Å². The van der Waals surface area contributed by atoms with Crippen molar-refractivity contribution in [2.75, 3.05) is 20.8 Å². The lowest BCUT2D eigenvalue weighted by Crippen LogP contribution is -2.36. The number of hydrogen-bond donors (Lipinski definition) is 1. The zero-order chi connectivity index (χ0) is 24.4. The standard InChI is InChI=1S/C27H28ClNO5/c1-5-34-27(31)24-15(2)29-20-12-18(16-9-10-22(32-3)23(14-16)33-4)13-21(30)26(20)25(24)17-7-6-8-19(28)11-17/h6-11,14,18,25,29H,5,12-13H2,1-4H3/t18-,25+/m0/s1. The highest BCUT2D eigenvalue weighted by Crippen LogP contribution is 2.46. The van der Waals surface area contributed by atoms with Crippen LogP contribution in [-0.4, -0.2) is 32.6 Å². The molecule has 0 spiro atoms. The molecular weight excluding hydrogens is 454 g/mol. The maximum absolute atomic E-state index is 13.6. The van der Waals surface area contributed by atoms with E-state index >= 15 is 0 Å². The first-order valence-corrected chi connectivity index (χ1v) is 11.6. The van der Waals surface area contributed by atoms with Crippen LogP contribution in [0.4, 0.5) is 0 Å². The Bertz CT molecular complexity index is 1200. The lowest BCUT2D eigenvalue weighted by molar-refractivity contribution is -0.138. The number of rotatable bonds is 6. The second-order valence-corrected chi connectivity index (χ2v) is 8.84. The fraction of sp³-hybridized carbons (Fsp3) is 0.333. The zero-order valence-corrected chi connectivity index (χ0v) is 20.5. The fourth-order valence-electron chi connectivity index (χ4n) is 4.88. The van der Waals surface area contributed by atoms with Gasteiger partial charge in [-0.15, -0.1) is 0 Å². The number of allylic oxidation sites excluding steroid dienone is 3. The molecule has 178 valence electrons. The summed E-state index contributed by atoms with van der Waals surface area (Å²) in [5.41, 5.74) is 4.35. The number of carbonyl (C=O) groups excluding carboxylic acids is 2. The molecule has 1 heterocycles. The maximum atomic E-state index is 13.6. The Morgan fingerprint density at radius 3 is 2.50 bits per heavy atom. The highest BCUT2D eigenvalue weighted by Gasteiger charge is 2.41. The van der Waals surface area contributed by atoms with Gasteiger partial charge in [0, 0.05) is 34.3 Å². The molecule has 0 aromatic heterocycles. The van der Waals surface area contributed by atoms with E-state index in [0.29, 0.717) is 46.2 Å². The van der Waals surface area contributed by atoms with Gasteiger partial charge >= 0.3 is 5.97 Å². The van der Waals surface area contributed by atoms with E-state index in [2.05, 4.69) is 5.32 Å². The lowest BCUT2D eigenvalue weighted by Gasteiger charge is -2.36. The normalized spacial score (nSPS) is 20.0. The Morgan fingerprint density at radius 1 is 1.06 bits per heavy atom. The third-order valence-corrected chi connectivity index (χ3v) is 6.62. The van der Waals surface area contributed by atoms with Crippen LogP contribution in [0.25, 0.3) is 0 Å². The molecule has 0 saturated carbocycles. The summed E-state index contributed by atoms with van der Waals surface area (Å²) in [5.74, 6) is 0.263. The number of nitrogens with one attached hydrogen (secondary N) is 1. The molecule has 4 rings (SSSR count). The van der Waals surface area contributed by atoms with Crippen LogP contribution in [0.1, 0.15) is 49.7 Å². The predicted molar refractivity (Wildman–Crippen MR) is 130 cm³/mol. The summed E-state index contributed by atoms with van der Waals surface area (Å²) in [7, 11) is 3.19.